The predicted molar refractivity (Wildman–Crippen MR) is 234 cm³/mol. The number of carbonyl (C=O) groups is 1. The third-order valence-corrected chi connectivity index (χ3v) is 11.7. The molecule has 0 aliphatic heterocycles. The van der Waals surface area contributed by atoms with E-state index in [9.17, 15) is 4.79 Å². The van der Waals surface area contributed by atoms with Gasteiger partial charge in [0.15, 0.2) is 0 Å². The molecule has 2 N–H and O–H groups in total. The van der Waals surface area contributed by atoms with Gasteiger partial charge in [0.05, 0.1) is 6.54 Å². The number of unbranched alkanes of at least 4 members (excludes halogenated alkanes) is 44. The minimum Gasteiger partial charge on any atom is -0.480 e. The van der Waals surface area contributed by atoms with Gasteiger partial charge in [-0.05, 0) is 13.0 Å². The predicted octanol–water partition coefficient (Wildman–Crippen LogP) is 17.2. The lowest BCUT2D eigenvalue weighted by atomic mass is 10.0. The quantitative estimate of drug-likeness (QED) is 0.0612. The highest BCUT2D eigenvalue weighted by molar-refractivity contribution is 5.68. The smallest absolute Gasteiger partial charge is 0.317 e. The van der Waals surface area contributed by atoms with Crippen LogP contribution >= 0.6 is 0 Å². The maximum Gasteiger partial charge on any atom is 0.317 e. The summed E-state index contributed by atoms with van der Waals surface area (Å²) in [6, 6.07) is 0. The van der Waals surface area contributed by atoms with Crippen LogP contribution in [0.25, 0.3) is 0 Å². The Kier molecular flexibility index (Phi) is 47.9. The molecule has 0 aromatic rings. The molecule has 3 heteroatoms. The van der Waals surface area contributed by atoms with Crippen molar-refractivity contribution < 1.29 is 9.90 Å². The van der Waals surface area contributed by atoms with Crippen LogP contribution in [0.5, 0.6) is 0 Å². The molecular formula is C49H99NO2. The van der Waals surface area contributed by atoms with Crippen LogP contribution in [0.3, 0.4) is 0 Å². The van der Waals surface area contributed by atoms with Gasteiger partial charge in [0, 0.05) is 0 Å². The summed E-state index contributed by atoms with van der Waals surface area (Å²) >= 11 is 0. The van der Waals surface area contributed by atoms with Gasteiger partial charge in [-0.1, -0.05) is 289 Å². The zero-order valence-corrected chi connectivity index (χ0v) is 36.1. The van der Waals surface area contributed by atoms with Crippen LogP contribution in [0.1, 0.15) is 296 Å². The second kappa shape index (κ2) is 48.4. The van der Waals surface area contributed by atoms with Crippen LogP contribution in [0.2, 0.25) is 0 Å². The molecule has 0 amide bonds. The molecule has 0 saturated carbocycles. The third kappa shape index (κ3) is 49.4. The first-order valence-electron chi connectivity index (χ1n) is 24.7. The van der Waals surface area contributed by atoms with Crippen molar-refractivity contribution in [1.29, 1.82) is 0 Å². The zero-order valence-electron chi connectivity index (χ0n) is 36.1. The molecule has 52 heavy (non-hydrogen) atoms. The van der Waals surface area contributed by atoms with E-state index in [-0.39, 0.29) is 6.54 Å². The van der Waals surface area contributed by atoms with Gasteiger partial charge in [0.2, 0.25) is 0 Å². The third-order valence-electron chi connectivity index (χ3n) is 11.7. The van der Waals surface area contributed by atoms with Gasteiger partial charge in [-0.2, -0.15) is 0 Å². The molecule has 0 aliphatic carbocycles. The Balaban J connectivity index is 3.05. The molecule has 0 radical (unpaired) electrons. The molecule has 0 bridgehead atoms. The molecule has 312 valence electrons. The molecule has 0 fully saturated rings. The van der Waals surface area contributed by atoms with E-state index in [4.69, 9.17) is 5.11 Å². The zero-order chi connectivity index (χ0) is 37.5. The van der Waals surface area contributed by atoms with Crippen LogP contribution in [-0.4, -0.2) is 24.2 Å². The number of aliphatic carboxylic acids is 1. The maximum atomic E-state index is 10.4. The van der Waals surface area contributed by atoms with Gasteiger partial charge in [0.25, 0.3) is 0 Å². The first-order chi connectivity index (χ1) is 25.8. The monoisotopic (exact) mass is 734 g/mol. The van der Waals surface area contributed by atoms with E-state index in [1.54, 1.807) is 0 Å². The number of rotatable bonds is 48. The van der Waals surface area contributed by atoms with Gasteiger partial charge in [-0.15, -0.1) is 0 Å². The first-order valence-corrected chi connectivity index (χ1v) is 24.7. The summed E-state index contributed by atoms with van der Waals surface area (Å²) in [6.07, 6.45) is 65.2. The molecule has 0 spiro atoms. The van der Waals surface area contributed by atoms with Crippen LogP contribution in [0.15, 0.2) is 0 Å². The van der Waals surface area contributed by atoms with Crippen molar-refractivity contribution in [2.75, 3.05) is 13.1 Å². The molecule has 0 heterocycles. The lowest BCUT2D eigenvalue weighted by Gasteiger charge is -2.05. The molecule has 0 aromatic carbocycles. The van der Waals surface area contributed by atoms with E-state index in [1.807, 2.05) is 0 Å². The van der Waals surface area contributed by atoms with E-state index < -0.39 is 5.97 Å². The van der Waals surface area contributed by atoms with Crippen molar-refractivity contribution in [3.05, 3.63) is 0 Å². The van der Waals surface area contributed by atoms with Crippen molar-refractivity contribution in [3.63, 3.8) is 0 Å². The van der Waals surface area contributed by atoms with Gasteiger partial charge in [-0.25, -0.2) is 0 Å². The summed E-state index contributed by atoms with van der Waals surface area (Å²) in [7, 11) is 0. The molecule has 0 aromatic heterocycles. The molecular weight excluding hydrogens is 635 g/mol. The fourth-order valence-electron chi connectivity index (χ4n) is 8.12. The summed E-state index contributed by atoms with van der Waals surface area (Å²) in [4.78, 5) is 10.4. The number of carboxylic acid groups (broad SMARTS) is 1. The Morgan fingerprint density at radius 1 is 0.288 bits per heavy atom. The fourth-order valence-corrected chi connectivity index (χ4v) is 8.12. The van der Waals surface area contributed by atoms with Gasteiger partial charge >= 0.3 is 5.97 Å². The second-order valence-corrected chi connectivity index (χ2v) is 17.1. The molecule has 3 nitrogen and oxygen atoms in total. The number of carboxylic acids is 1. The number of hydrogen-bond donors (Lipinski definition) is 2. The van der Waals surface area contributed by atoms with E-state index in [0.29, 0.717) is 0 Å². The topological polar surface area (TPSA) is 49.3 Å². The lowest BCUT2D eigenvalue weighted by molar-refractivity contribution is -0.135. The molecule has 0 unspecified atom stereocenters. The van der Waals surface area contributed by atoms with Crippen molar-refractivity contribution in [2.24, 2.45) is 0 Å². The summed E-state index contributed by atoms with van der Waals surface area (Å²) < 4.78 is 0. The Bertz CT molecular complexity index is 637. The molecule has 0 aliphatic rings. The normalized spacial score (nSPS) is 11.6. The minimum atomic E-state index is -0.757. The van der Waals surface area contributed by atoms with E-state index in [0.717, 1.165) is 13.0 Å². The SMILES string of the molecule is CCCCCCCCCCCCCCCCCCCCCCCCCCCCCCCCCCCCCCCCCCCCCCCNCC(=O)O. The number of hydrogen-bond acceptors (Lipinski definition) is 2. The Hall–Kier alpha value is -0.570. The standard InChI is InChI=1S/C49H99NO2/c1-2-3-4-5-6-7-8-9-10-11-12-13-14-15-16-17-18-19-20-21-22-23-24-25-26-27-28-29-30-31-32-33-34-35-36-37-38-39-40-41-42-43-44-45-46-47-50-48-49(51)52/h50H,2-48H2,1H3,(H,51,52). The second-order valence-electron chi connectivity index (χ2n) is 17.1. The van der Waals surface area contributed by atoms with E-state index in [1.165, 1.54) is 283 Å². The highest BCUT2D eigenvalue weighted by Crippen LogP contribution is 2.18. The van der Waals surface area contributed by atoms with Crippen LogP contribution < -0.4 is 5.32 Å². The summed E-state index contributed by atoms with van der Waals surface area (Å²) in [5, 5.41) is 11.6. The largest absolute Gasteiger partial charge is 0.480 e. The van der Waals surface area contributed by atoms with Crippen molar-refractivity contribution in [2.45, 2.75) is 296 Å². The molecule has 0 rings (SSSR count). The maximum absolute atomic E-state index is 10.4. The van der Waals surface area contributed by atoms with E-state index >= 15 is 0 Å². The van der Waals surface area contributed by atoms with Gasteiger partial charge < -0.3 is 10.4 Å². The van der Waals surface area contributed by atoms with Crippen molar-refractivity contribution >= 4 is 5.97 Å². The highest BCUT2D eigenvalue weighted by Gasteiger charge is 1.99. The Morgan fingerprint density at radius 3 is 0.596 bits per heavy atom. The molecule has 0 atom stereocenters. The van der Waals surface area contributed by atoms with Crippen LogP contribution in [0, 0.1) is 0 Å². The van der Waals surface area contributed by atoms with E-state index in [2.05, 4.69) is 12.2 Å². The van der Waals surface area contributed by atoms with Crippen LogP contribution in [-0.2, 0) is 4.79 Å². The minimum absolute atomic E-state index is 0.0970. The van der Waals surface area contributed by atoms with Crippen molar-refractivity contribution in [3.8, 4) is 0 Å². The highest BCUT2D eigenvalue weighted by atomic mass is 16.4. The Morgan fingerprint density at radius 2 is 0.442 bits per heavy atom. The first kappa shape index (κ1) is 51.4. The van der Waals surface area contributed by atoms with Crippen molar-refractivity contribution in [1.82, 2.24) is 5.32 Å². The average Bonchev–Trinajstić information content (AvgIpc) is 3.14. The summed E-state index contributed by atoms with van der Waals surface area (Å²) in [5.41, 5.74) is 0. The number of nitrogens with one attached hydrogen (secondary N) is 1. The Labute approximate surface area is 329 Å². The lowest BCUT2D eigenvalue weighted by Crippen LogP contribution is -2.23. The van der Waals surface area contributed by atoms with Gasteiger partial charge in [0.1, 0.15) is 0 Å². The fraction of sp³-hybridized carbons (Fsp3) is 0.980. The average molecular weight is 734 g/mol. The summed E-state index contributed by atoms with van der Waals surface area (Å²) in [6.45, 7) is 3.24. The van der Waals surface area contributed by atoms with Crippen LogP contribution in [0.4, 0.5) is 0 Å². The van der Waals surface area contributed by atoms with Gasteiger partial charge in [-0.3, -0.25) is 4.79 Å². The molecule has 0 saturated heterocycles. The summed E-state index contributed by atoms with van der Waals surface area (Å²) in [5.74, 6) is -0.757.